The molecule has 0 aliphatic heterocycles. The van der Waals surface area contributed by atoms with Crippen LogP contribution in [0.3, 0.4) is 0 Å². The summed E-state index contributed by atoms with van der Waals surface area (Å²) < 4.78 is 0. The Bertz CT molecular complexity index is 646. The number of aryl methyl sites for hydroxylation is 3. The Morgan fingerprint density at radius 2 is 1.65 bits per heavy atom. The van der Waals surface area contributed by atoms with E-state index in [1.165, 1.54) is 11.1 Å². The van der Waals surface area contributed by atoms with Crippen molar-refractivity contribution in [2.24, 2.45) is 0 Å². The number of benzene rings is 1. The summed E-state index contributed by atoms with van der Waals surface area (Å²) in [6.07, 6.45) is 2.23. The Hall–Kier alpha value is -2.10. The Labute approximate surface area is 140 Å². The molecule has 0 fully saturated rings. The van der Waals surface area contributed by atoms with Crippen LogP contribution < -0.4 is 10.2 Å². The highest BCUT2D eigenvalue weighted by Crippen LogP contribution is 2.22. The van der Waals surface area contributed by atoms with Crippen LogP contribution in [0.5, 0.6) is 0 Å². The number of nitrogens with zero attached hydrogens (tertiary/aromatic N) is 3. The van der Waals surface area contributed by atoms with E-state index in [1.807, 2.05) is 6.92 Å². The van der Waals surface area contributed by atoms with Crippen LogP contribution >= 0.6 is 0 Å². The first-order chi connectivity index (χ1) is 11.0. The van der Waals surface area contributed by atoms with Gasteiger partial charge in [-0.05, 0) is 50.8 Å². The third-order valence-corrected chi connectivity index (χ3v) is 3.79. The van der Waals surface area contributed by atoms with Crippen LogP contribution in [-0.4, -0.2) is 23.1 Å². The van der Waals surface area contributed by atoms with Gasteiger partial charge < -0.3 is 10.2 Å². The molecule has 2 aromatic rings. The summed E-state index contributed by atoms with van der Waals surface area (Å²) >= 11 is 0. The summed E-state index contributed by atoms with van der Waals surface area (Å²) in [6, 6.07) is 8.44. The van der Waals surface area contributed by atoms with Crippen molar-refractivity contribution in [2.75, 3.05) is 23.3 Å². The van der Waals surface area contributed by atoms with Crippen molar-refractivity contribution in [3.05, 3.63) is 41.1 Å². The molecule has 0 radical (unpaired) electrons. The monoisotopic (exact) mass is 312 g/mol. The molecular formula is C19H28N4. The fourth-order valence-corrected chi connectivity index (χ4v) is 2.64. The third-order valence-electron chi connectivity index (χ3n) is 3.79. The summed E-state index contributed by atoms with van der Waals surface area (Å²) in [4.78, 5) is 11.6. The fourth-order valence-electron chi connectivity index (χ4n) is 2.64. The van der Waals surface area contributed by atoms with E-state index in [0.717, 1.165) is 43.1 Å². The van der Waals surface area contributed by atoms with Crippen molar-refractivity contribution in [3.63, 3.8) is 0 Å². The Morgan fingerprint density at radius 1 is 0.957 bits per heavy atom. The minimum Gasteiger partial charge on any atom is -0.356 e. The molecule has 23 heavy (non-hydrogen) atoms. The minimum atomic E-state index is 0.672. The normalized spacial score (nSPS) is 10.7. The second kappa shape index (κ2) is 7.95. The predicted molar refractivity (Wildman–Crippen MR) is 98.8 cm³/mol. The Morgan fingerprint density at radius 3 is 2.30 bits per heavy atom. The highest BCUT2D eigenvalue weighted by molar-refractivity contribution is 5.60. The van der Waals surface area contributed by atoms with Crippen molar-refractivity contribution >= 4 is 17.5 Å². The van der Waals surface area contributed by atoms with Gasteiger partial charge in [0.25, 0.3) is 0 Å². The Balaban J connectivity index is 2.30. The van der Waals surface area contributed by atoms with E-state index in [0.29, 0.717) is 5.95 Å². The first-order valence-electron chi connectivity index (χ1n) is 8.48. The number of rotatable bonds is 7. The zero-order valence-corrected chi connectivity index (χ0v) is 15.0. The highest BCUT2D eigenvalue weighted by atomic mass is 15.2. The minimum absolute atomic E-state index is 0.672. The number of hydrogen-bond acceptors (Lipinski definition) is 4. The standard InChI is InChI=1S/C19H28N4/c1-6-10-23(11-7-2)18-13-16(5)20-19(22-18)21-17-12-14(3)8-9-15(17)4/h8-9,12-13H,6-7,10-11H2,1-5H3,(H,20,21,22). The molecule has 4 nitrogen and oxygen atoms in total. The van der Waals surface area contributed by atoms with Crippen molar-refractivity contribution in [2.45, 2.75) is 47.5 Å². The number of nitrogens with one attached hydrogen (secondary N) is 1. The van der Waals surface area contributed by atoms with E-state index >= 15 is 0 Å². The molecule has 0 aliphatic rings. The molecule has 1 heterocycles. The Kier molecular flexibility index (Phi) is 5.97. The van der Waals surface area contributed by atoms with Crippen LogP contribution in [0.15, 0.2) is 24.3 Å². The van der Waals surface area contributed by atoms with Gasteiger partial charge in [-0.3, -0.25) is 0 Å². The predicted octanol–water partition coefficient (Wildman–Crippen LogP) is 4.77. The van der Waals surface area contributed by atoms with Gasteiger partial charge in [0.05, 0.1) is 0 Å². The van der Waals surface area contributed by atoms with E-state index in [2.05, 4.69) is 67.2 Å². The number of aromatic nitrogens is 2. The molecule has 0 aliphatic carbocycles. The maximum atomic E-state index is 4.74. The van der Waals surface area contributed by atoms with Gasteiger partial charge in [-0.2, -0.15) is 4.98 Å². The van der Waals surface area contributed by atoms with E-state index < -0.39 is 0 Å². The van der Waals surface area contributed by atoms with Crippen molar-refractivity contribution in [3.8, 4) is 0 Å². The summed E-state index contributed by atoms with van der Waals surface area (Å²) in [5.74, 6) is 1.68. The van der Waals surface area contributed by atoms with Gasteiger partial charge in [0.15, 0.2) is 0 Å². The topological polar surface area (TPSA) is 41.1 Å². The maximum Gasteiger partial charge on any atom is 0.229 e. The molecule has 1 aromatic heterocycles. The molecule has 4 heteroatoms. The molecule has 1 N–H and O–H groups in total. The van der Waals surface area contributed by atoms with Crippen LogP contribution in [0.25, 0.3) is 0 Å². The van der Waals surface area contributed by atoms with Crippen LogP contribution in [0.4, 0.5) is 17.5 Å². The van der Waals surface area contributed by atoms with E-state index in [4.69, 9.17) is 4.98 Å². The fraction of sp³-hybridized carbons (Fsp3) is 0.474. The van der Waals surface area contributed by atoms with E-state index in [1.54, 1.807) is 0 Å². The lowest BCUT2D eigenvalue weighted by atomic mass is 10.1. The van der Waals surface area contributed by atoms with Crippen LogP contribution in [-0.2, 0) is 0 Å². The van der Waals surface area contributed by atoms with Crippen molar-refractivity contribution in [1.29, 1.82) is 0 Å². The van der Waals surface area contributed by atoms with Gasteiger partial charge in [0.1, 0.15) is 5.82 Å². The molecule has 0 atom stereocenters. The molecule has 0 amide bonds. The van der Waals surface area contributed by atoms with Gasteiger partial charge in [-0.1, -0.05) is 26.0 Å². The SMILES string of the molecule is CCCN(CCC)c1cc(C)nc(Nc2cc(C)ccc2C)n1. The number of hydrogen-bond donors (Lipinski definition) is 1. The molecule has 0 unspecified atom stereocenters. The largest absolute Gasteiger partial charge is 0.356 e. The number of anilines is 3. The first kappa shape index (κ1) is 17.3. The second-order valence-electron chi connectivity index (χ2n) is 6.12. The zero-order valence-electron chi connectivity index (χ0n) is 15.0. The summed E-state index contributed by atoms with van der Waals surface area (Å²) in [5, 5.41) is 3.38. The lowest BCUT2D eigenvalue weighted by Gasteiger charge is -2.23. The van der Waals surface area contributed by atoms with Crippen LogP contribution in [0.1, 0.15) is 43.5 Å². The van der Waals surface area contributed by atoms with Gasteiger partial charge in [-0.25, -0.2) is 4.98 Å². The first-order valence-corrected chi connectivity index (χ1v) is 8.48. The highest BCUT2D eigenvalue weighted by Gasteiger charge is 2.10. The van der Waals surface area contributed by atoms with Gasteiger partial charge >= 0.3 is 0 Å². The summed E-state index contributed by atoms with van der Waals surface area (Å²) in [7, 11) is 0. The molecule has 0 bridgehead atoms. The lowest BCUT2D eigenvalue weighted by Crippen LogP contribution is -2.26. The summed E-state index contributed by atoms with van der Waals surface area (Å²) in [5.41, 5.74) is 4.48. The van der Waals surface area contributed by atoms with Crippen molar-refractivity contribution < 1.29 is 0 Å². The lowest BCUT2D eigenvalue weighted by molar-refractivity contribution is 0.732. The molecule has 1 aromatic carbocycles. The average molecular weight is 312 g/mol. The quantitative estimate of drug-likeness (QED) is 0.799. The van der Waals surface area contributed by atoms with E-state index in [9.17, 15) is 0 Å². The van der Waals surface area contributed by atoms with Gasteiger partial charge in [0.2, 0.25) is 5.95 Å². The molecule has 0 saturated carbocycles. The smallest absolute Gasteiger partial charge is 0.229 e. The molecule has 2 rings (SSSR count). The molecule has 124 valence electrons. The third kappa shape index (κ3) is 4.68. The van der Waals surface area contributed by atoms with Crippen LogP contribution in [0.2, 0.25) is 0 Å². The van der Waals surface area contributed by atoms with Crippen molar-refractivity contribution in [1.82, 2.24) is 9.97 Å². The van der Waals surface area contributed by atoms with Gasteiger partial charge in [0, 0.05) is 30.5 Å². The van der Waals surface area contributed by atoms with E-state index in [-0.39, 0.29) is 0 Å². The zero-order chi connectivity index (χ0) is 16.8. The average Bonchev–Trinajstić information content (AvgIpc) is 2.50. The van der Waals surface area contributed by atoms with Crippen LogP contribution in [0, 0.1) is 20.8 Å². The molecular weight excluding hydrogens is 284 g/mol. The van der Waals surface area contributed by atoms with Gasteiger partial charge in [-0.15, -0.1) is 0 Å². The summed E-state index contributed by atoms with van der Waals surface area (Å²) in [6.45, 7) is 12.7. The maximum absolute atomic E-state index is 4.74. The molecule has 0 spiro atoms. The molecule has 0 saturated heterocycles. The second-order valence-corrected chi connectivity index (χ2v) is 6.12.